The Labute approximate surface area is 195 Å². The average molecular weight is 520 g/mol. The molecule has 1 amide bonds. The zero-order valence-electron chi connectivity index (χ0n) is 16.6. The molecule has 2 N–H and O–H groups in total. The van der Waals surface area contributed by atoms with Crippen molar-refractivity contribution in [3.63, 3.8) is 0 Å². The maximum Gasteiger partial charge on any atom is 0.408 e. The number of amides is 1. The number of carbonyl (C=O) groups excluding carboxylic acids is 2. The Bertz CT molecular complexity index is 1080. The van der Waals surface area contributed by atoms with E-state index in [0.717, 1.165) is 19.7 Å². The number of Topliss-reactive ketones (excluding diaryl/α,β-unsaturated/α-hetero) is 1. The standard InChI is InChI=1S/C20H18BrN5O5S/c21-14-6-8-15(9-7-14)32-19-23-25-26(24-19)11-17(27)16(10-18(28)29)22-20(30)31-12-13-4-2-1-3-5-13/h1-9,16H,10-12H2,(H,22,30)(H,28,29). The summed E-state index contributed by atoms with van der Waals surface area (Å²) >= 11 is 4.61. The van der Waals surface area contributed by atoms with Crippen LogP contribution in [0.4, 0.5) is 4.79 Å². The number of halogens is 1. The average Bonchev–Trinajstić information content (AvgIpc) is 3.20. The molecule has 3 aromatic rings. The summed E-state index contributed by atoms with van der Waals surface area (Å²) < 4.78 is 6.00. The molecule has 0 bridgehead atoms. The van der Waals surface area contributed by atoms with Crippen LogP contribution in [0.2, 0.25) is 0 Å². The zero-order chi connectivity index (χ0) is 22.9. The molecule has 10 nitrogen and oxygen atoms in total. The molecule has 0 aliphatic heterocycles. The van der Waals surface area contributed by atoms with Crippen LogP contribution >= 0.6 is 27.7 Å². The minimum Gasteiger partial charge on any atom is -0.481 e. The number of hydrogen-bond donors (Lipinski definition) is 2. The Balaban J connectivity index is 1.57. The Hall–Kier alpha value is -3.25. The van der Waals surface area contributed by atoms with Crippen LogP contribution in [0.5, 0.6) is 0 Å². The van der Waals surface area contributed by atoms with Gasteiger partial charge in [0.2, 0.25) is 5.16 Å². The van der Waals surface area contributed by atoms with Gasteiger partial charge in [-0.1, -0.05) is 46.3 Å². The van der Waals surface area contributed by atoms with E-state index in [9.17, 15) is 14.4 Å². The smallest absolute Gasteiger partial charge is 0.408 e. The minimum absolute atomic E-state index is 0.0120. The van der Waals surface area contributed by atoms with E-state index in [1.807, 2.05) is 30.3 Å². The third-order valence-corrected chi connectivity index (χ3v) is 5.41. The first-order valence-corrected chi connectivity index (χ1v) is 10.9. The van der Waals surface area contributed by atoms with Crippen molar-refractivity contribution in [1.29, 1.82) is 0 Å². The fraction of sp³-hybridized carbons (Fsp3) is 0.200. The second kappa shape index (κ2) is 11.4. The van der Waals surface area contributed by atoms with Crippen LogP contribution in [0.15, 0.2) is 69.1 Å². The number of alkyl carbamates (subject to hydrolysis) is 1. The number of rotatable bonds is 10. The maximum atomic E-state index is 12.6. The van der Waals surface area contributed by atoms with Crippen LogP contribution in [0.25, 0.3) is 0 Å². The van der Waals surface area contributed by atoms with Crippen molar-refractivity contribution in [2.45, 2.75) is 35.7 Å². The van der Waals surface area contributed by atoms with Crippen LogP contribution in [0.1, 0.15) is 12.0 Å². The third kappa shape index (κ3) is 7.46. The highest BCUT2D eigenvalue weighted by Crippen LogP contribution is 2.25. The molecule has 3 rings (SSSR count). The molecule has 0 radical (unpaired) electrons. The fourth-order valence-electron chi connectivity index (χ4n) is 2.52. The molecular formula is C20H18BrN5O5S. The fourth-order valence-corrected chi connectivity index (χ4v) is 3.48. The van der Waals surface area contributed by atoms with E-state index in [4.69, 9.17) is 9.84 Å². The summed E-state index contributed by atoms with van der Waals surface area (Å²) in [7, 11) is 0. The number of nitrogens with one attached hydrogen (secondary N) is 1. The number of ether oxygens (including phenoxy) is 1. The number of benzene rings is 2. The van der Waals surface area contributed by atoms with Crippen LogP contribution in [0.3, 0.4) is 0 Å². The highest BCUT2D eigenvalue weighted by atomic mass is 79.9. The van der Waals surface area contributed by atoms with Crippen molar-refractivity contribution < 1.29 is 24.2 Å². The molecule has 1 unspecified atom stereocenters. The Morgan fingerprint density at radius 1 is 1.12 bits per heavy atom. The maximum absolute atomic E-state index is 12.6. The normalized spacial score (nSPS) is 11.5. The van der Waals surface area contributed by atoms with E-state index in [2.05, 4.69) is 36.7 Å². The molecule has 32 heavy (non-hydrogen) atoms. The van der Waals surface area contributed by atoms with Gasteiger partial charge in [-0.05, 0) is 46.8 Å². The highest BCUT2D eigenvalue weighted by Gasteiger charge is 2.25. The molecule has 0 saturated heterocycles. The van der Waals surface area contributed by atoms with Crippen molar-refractivity contribution >= 4 is 45.5 Å². The van der Waals surface area contributed by atoms with Crippen molar-refractivity contribution in [1.82, 2.24) is 25.5 Å². The number of carboxylic acids is 1. The molecule has 1 aromatic heterocycles. The van der Waals surface area contributed by atoms with E-state index in [1.54, 1.807) is 24.3 Å². The zero-order valence-corrected chi connectivity index (χ0v) is 19.0. The number of tetrazole rings is 1. The summed E-state index contributed by atoms with van der Waals surface area (Å²) in [6.45, 7) is -0.368. The number of carbonyl (C=O) groups is 3. The molecule has 2 aromatic carbocycles. The number of aromatic nitrogens is 4. The van der Waals surface area contributed by atoms with Crippen molar-refractivity contribution in [2.24, 2.45) is 0 Å². The van der Waals surface area contributed by atoms with Gasteiger partial charge in [-0.2, -0.15) is 4.80 Å². The van der Waals surface area contributed by atoms with Crippen LogP contribution in [-0.2, 0) is 27.5 Å². The lowest BCUT2D eigenvalue weighted by molar-refractivity contribution is -0.139. The molecule has 0 aliphatic carbocycles. The Morgan fingerprint density at radius 2 is 1.84 bits per heavy atom. The summed E-state index contributed by atoms with van der Waals surface area (Å²) in [6, 6.07) is 15.1. The van der Waals surface area contributed by atoms with E-state index >= 15 is 0 Å². The Kier molecular flexibility index (Phi) is 8.34. The van der Waals surface area contributed by atoms with Crippen molar-refractivity contribution in [3.05, 3.63) is 64.6 Å². The molecule has 0 saturated carbocycles. The van der Waals surface area contributed by atoms with Crippen LogP contribution in [-0.4, -0.2) is 49.2 Å². The quantitative estimate of drug-likeness (QED) is 0.414. The largest absolute Gasteiger partial charge is 0.481 e. The number of hydrogen-bond acceptors (Lipinski definition) is 8. The molecule has 0 spiro atoms. The molecule has 166 valence electrons. The van der Waals surface area contributed by atoms with Gasteiger partial charge in [-0.15, -0.1) is 10.2 Å². The molecule has 0 aliphatic rings. The predicted octanol–water partition coefficient (Wildman–Crippen LogP) is 2.93. The van der Waals surface area contributed by atoms with E-state index in [-0.39, 0.29) is 13.2 Å². The molecular weight excluding hydrogens is 502 g/mol. The van der Waals surface area contributed by atoms with E-state index in [0.29, 0.717) is 5.16 Å². The lowest BCUT2D eigenvalue weighted by Crippen LogP contribution is -2.44. The lowest BCUT2D eigenvalue weighted by Gasteiger charge is -2.15. The lowest BCUT2D eigenvalue weighted by atomic mass is 10.1. The third-order valence-electron chi connectivity index (χ3n) is 4.03. The number of carboxylic acid groups (broad SMARTS) is 1. The van der Waals surface area contributed by atoms with Gasteiger partial charge in [0.1, 0.15) is 19.2 Å². The first kappa shape index (κ1) is 23.4. The monoisotopic (exact) mass is 519 g/mol. The number of ketones is 1. The number of aliphatic carboxylic acids is 1. The van der Waals surface area contributed by atoms with Crippen molar-refractivity contribution in [2.75, 3.05) is 0 Å². The van der Waals surface area contributed by atoms with E-state index < -0.39 is 30.3 Å². The topological polar surface area (TPSA) is 136 Å². The predicted molar refractivity (Wildman–Crippen MR) is 117 cm³/mol. The van der Waals surface area contributed by atoms with Gasteiger partial charge in [-0.3, -0.25) is 9.59 Å². The summed E-state index contributed by atoms with van der Waals surface area (Å²) in [5.41, 5.74) is 0.756. The van der Waals surface area contributed by atoms with Gasteiger partial charge >= 0.3 is 12.1 Å². The minimum atomic E-state index is -1.30. The molecule has 1 heterocycles. The summed E-state index contributed by atoms with van der Waals surface area (Å²) in [6.07, 6.45) is -1.50. The van der Waals surface area contributed by atoms with Gasteiger partial charge < -0.3 is 15.2 Å². The van der Waals surface area contributed by atoms with Gasteiger partial charge in [0.15, 0.2) is 5.78 Å². The highest BCUT2D eigenvalue weighted by molar-refractivity contribution is 9.10. The van der Waals surface area contributed by atoms with Crippen LogP contribution in [0, 0.1) is 0 Å². The second-order valence-corrected chi connectivity index (χ2v) is 8.44. The summed E-state index contributed by atoms with van der Waals surface area (Å²) in [5.74, 6) is -1.84. The van der Waals surface area contributed by atoms with Gasteiger partial charge in [0.05, 0.1) is 6.42 Å². The Morgan fingerprint density at radius 3 is 2.53 bits per heavy atom. The number of nitrogens with zero attached hydrogens (tertiary/aromatic N) is 4. The van der Waals surface area contributed by atoms with Crippen LogP contribution < -0.4 is 5.32 Å². The van der Waals surface area contributed by atoms with Gasteiger partial charge in [-0.25, -0.2) is 4.79 Å². The summed E-state index contributed by atoms with van der Waals surface area (Å²) in [5, 5.41) is 23.6. The summed E-state index contributed by atoms with van der Waals surface area (Å²) in [4.78, 5) is 37.7. The van der Waals surface area contributed by atoms with Gasteiger partial charge in [0, 0.05) is 9.37 Å². The SMILES string of the molecule is O=C(O)CC(NC(=O)OCc1ccccc1)C(=O)Cn1nnc(Sc2ccc(Br)cc2)n1. The first-order chi connectivity index (χ1) is 15.4. The second-order valence-electron chi connectivity index (χ2n) is 6.48. The molecule has 1 atom stereocenters. The van der Waals surface area contributed by atoms with Gasteiger partial charge in [0.25, 0.3) is 0 Å². The molecule has 0 fully saturated rings. The van der Waals surface area contributed by atoms with Crippen molar-refractivity contribution in [3.8, 4) is 0 Å². The van der Waals surface area contributed by atoms with E-state index in [1.165, 1.54) is 11.8 Å². The first-order valence-electron chi connectivity index (χ1n) is 9.32. The molecule has 12 heteroatoms.